The minimum atomic E-state index is -0.505. The van der Waals surface area contributed by atoms with E-state index in [1.54, 1.807) is 18.5 Å². The van der Waals surface area contributed by atoms with Gasteiger partial charge >= 0.3 is 6.09 Å². The number of nitrogen functional groups attached to an aromatic ring is 1. The highest BCUT2D eigenvalue weighted by Crippen LogP contribution is 2.24. The number of carbonyl (C=O) groups excluding carboxylic acids is 1. The Balaban J connectivity index is 1.86. The van der Waals surface area contributed by atoms with Crippen molar-refractivity contribution in [2.75, 3.05) is 23.7 Å². The Hall–Kier alpha value is -2.02. The number of ether oxygens (including phenoxy) is 1. The zero-order valence-electron chi connectivity index (χ0n) is 13.4. The molecule has 0 radical (unpaired) electrons. The van der Waals surface area contributed by atoms with E-state index < -0.39 is 11.7 Å². The summed E-state index contributed by atoms with van der Waals surface area (Å²) in [4.78, 5) is 18.0. The minimum Gasteiger partial charge on any atom is -0.443 e. The number of rotatable bonds is 3. The predicted octanol–water partition coefficient (Wildman–Crippen LogP) is 1.66. The first-order valence-corrected chi connectivity index (χ1v) is 7.54. The Morgan fingerprint density at radius 2 is 2.27 bits per heavy atom. The van der Waals surface area contributed by atoms with Gasteiger partial charge in [0.15, 0.2) is 0 Å². The lowest BCUT2D eigenvalue weighted by Crippen LogP contribution is -2.53. The Bertz CT molecular complexity index is 515. The second-order valence-corrected chi connectivity index (χ2v) is 6.49. The van der Waals surface area contributed by atoms with Crippen molar-refractivity contribution in [2.24, 2.45) is 0 Å². The normalized spacial score (nSPS) is 18.9. The van der Waals surface area contributed by atoms with Gasteiger partial charge in [-0.25, -0.2) is 10.2 Å². The van der Waals surface area contributed by atoms with Crippen LogP contribution in [0.3, 0.4) is 0 Å². The summed E-state index contributed by atoms with van der Waals surface area (Å²) in [5.41, 5.74) is 12.8. The first-order valence-electron chi connectivity index (χ1n) is 7.54. The molecule has 0 aromatic carbocycles. The van der Waals surface area contributed by atoms with Crippen molar-refractivity contribution in [3.63, 3.8) is 0 Å². The van der Waals surface area contributed by atoms with Crippen LogP contribution in [0.2, 0.25) is 0 Å². The molecule has 1 aromatic heterocycles. The van der Waals surface area contributed by atoms with Gasteiger partial charge in [0.05, 0.1) is 17.6 Å². The van der Waals surface area contributed by atoms with Gasteiger partial charge in [0.1, 0.15) is 5.60 Å². The number of aromatic nitrogens is 1. The Morgan fingerprint density at radius 3 is 2.95 bits per heavy atom. The van der Waals surface area contributed by atoms with Crippen LogP contribution in [0.4, 0.5) is 16.2 Å². The largest absolute Gasteiger partial charge is 0.443 e. The number of amides is 1. The number of nitrogens with one attached hydrogen (secondary N) is 2. The fraction of sp³-hybridized carbons (Fsp3) is 0.600. The van der Waals surface area contributed by atoms with Crippen LogP contribution in [0.15, 0.2) is 18.5 Å². The highest BCUT2D eigenvalue weighted by atomic mass is 16.6. The van der Waals surface area contributed by atoms with Gasteiger partial charge in [0.2, 0.25) is 0 Å². The number of hydrogen-bond donors (Lipinski definition) is 3. The van der Waals surface area contributed by atoms with Crippen LogP contribution in [0.1, 0.15) is 33.6 Å². The molecule has 1 atom stereocenters. The summed E-state index contributed by atoms with van der Waals surface area (Å²) in [5, 5.41) is 0. The number of carbonyl (C=O) groups is 1. The summed E-state index contributed by atoms with van der Waals surface area (Å²) in [6.07, 6.45) is 4.99. The molecule has 7 nitrogen and oxygen atoms in total. The van der Waals surface area contributed by atoms with E-state index in [2.05, 4.69) is 20.7 Å². The highest BCUT2D eigenvalue weighted by molar-refractivity contribution is 5.67. The van der Waals surface area contributed by atoms with E-state index in [9.17, 15) is 4.79 Å². The third-order valence-corrected chi connectivity index (χ3v) is 3.37. The molecule has 1 fully saturated rings. The number of hydrazine groups is 1. The smallest absolute Gasteiger partial charge is 0.422 e. The standard InChI is InChI=1S/C15H25N5O2/c1-15(2,3)22-14(21)19-18-11-5-4-8-20(10-11)13-9-17-7-6-12(13)16/h6-7,9,11,18H,4-5,8,10H2,1-3H3,(H2,16,17)(H,19,21). The molecule has 1 saturated heterocycles. The van der Waals surface area contributed by atoms with E-state index in [4.69, 9.17) is 10.5 Å². The van der Waals surface area contributed by atoms with Gasteiger partial charge in [-0.1, -0.05) is 0 Å². The molecule has 122 valence electrons. The van der Waals surface area contributed by atoms with Crippen LogP contribution >= 0.6 is 0 Å². The van der Waals surface area contributed by atoms with Gasteiger partial charge in [-0.3, -0.25) is 10.4 Å². The number of piperidine rings is 1. The van der Waals surface area contributed by atoms with Crippen LogP contribution in [-0.4, -0.2) is 35.8 Å². The zero-order valence-corrected chi connectivity index (χ0v) is 13.4. The monoisotopic (exact) mass is 307 g/mol. The maximum absolute atomic E-state index is 11.7. The van der Waals surface area contributed by atoms with Crippen LogP contribution in [0, 0.1) is 0 Å². The quantitative estimate of drug-likeness (QED) is 0.736. The number of nitrogens with two attached hydrogens (primary N) is 1. The summed E-state index contributed by atoms with van der Waals surface area (Å²) in [6, 6.07) is 1.94. The van der Waals surface area contributed by atoms with Crippen LogP contribution < -0.4 is 21.5 Å². The Kier molecular flexibility index (Phi) is 5.07. The molecular formula is C15H25N5O2. The molecule has 1 unspecified atom stereocenters. The summed E-state index contributed by atoms with van der Waals surface area (Å²) in [5.74, 6) is 0. The fourth-order valence-corrected chi connectivity index (χ4v) is 2.44. The summed E-state index contributed by atoms with van der Waals surface area (Å²) in [7, 11) is 0. The molecule has 1 amide bonds. The van der Waals surface area contributed by atoms with E-state index in [1.807, 2.05) is 20.8 Å². The first-order chi connectivity index (χ1) is 10.3. The van der Waals surface area contributed by atoms with Gasteiger partial charge in [-0.2, -0.15) is 0 Å². The average Bonchev–Trinajstić information content (AvgIpc) is 2.44. The van der Waals surface area contributed by atoms with Crippen LogP contribution in [-0.2, 0) is 4.74 Å². The lowest BCUT2D eigenvalue weighted by atomic mass is 10.1. The number of nitrogens with zero attached hydrogens (tertiary/aromatic N) is 2. The average molecular weight is 307 g/mol. The maximum atomic E-state index is 11.7. The molecular weight excluding hydrogens is 282 g/mol. The van der Waals surface area contributed by atoms with E-state index in [0.29, 0.717) is 0 Å². The van der Waals surface area contributed by atoms with Gasteiger partial charge in [0, 0.05) is 25.3 Å². The zero-order chi connectivity index (χ0) is 16.2. The SMILES string of the molecule is CC(C)(C)OC(=O)NNC1CCCN(c2cnccc2N)C1. The van der Waals surface area contributed by atoms with E-state index in [0.717, 1.165) is 37.3 Å². The van der Waals surface area contributed by atoms with Crippen molar-refractivity contribution in [1.82, 2.24) is 15.8 Å². The Labute approximate surface area is 131 Å². The molecule has 4 N–H and O–H groups in total. The van der Waals surface area contributed by atoms with Crippen LogP contribution in [0.25, 0.3) is 0 Å². The molecule has 22 heavy (non-hydrogen) atoms. The number of pyridine rings is 1. The van der Waals surface area contributed by atoms with Crippen molar-refractivity contribution in [2.45, 2.75) is 45.3 Å². The van der Waals surface area contributed by atoms with Gasteiger partial charge in [0.25, 0.3) is 0 Å². The first kappa shape index (κ1) is 16.4. The number of hydrogen-bond acceptors (Lipinski definition) is 6. The lowest BCUT2D eigenvalue weighted by molar-refractivity contribution is 0.0485. The van der Waals surface area contributed by atoms with Crippen molar-refractivity contribution in [1.29, 1.82) is 0 Å². The molecule has 0 spiro atoms. The molecule has 2 heterocycles. The molecule has 7 heteroatoms. The number of anilines is 2. The third-order valence-electron chi connectivity index (χ3n) is 3.37. The molecule has 1 aliphatic rings. The lowest BCUT2D eigenvalue weighted by Gasteiger charge is -2.35. The second-order valence-electron chi connectivity index (χ2n) is 6.49. The van der Waals surface area contributed by atoms with Crippen molar-refractivity contribution >= 4 is 17.5 Å². The third kappa shape index (κ3) is 4.77. The topological polar surface area (TPSA) is 92.5 Å². The minimum absolute atomic E-state index is 0.140. The molecule has 0 saturated carbocycles. The molecule has 1 aliphatic heterocycles. The summed E-state index contributed by atoms with van der Waals surface area (Å²) in [6.45, 7) is 7.19. The van der Waals surface area contributed by atoms with Crippen molar-refractivity contribution < 1.29 is 9.53 Å². The molecule has 0 bridgehead atoms. The molecule has 1 aromatic rings. The predicted molar refractivity (Wildman–Crippen MR) is 86.4 cm³/mol. The summed E-state index contributed by atoms with van der Waals surface area (Å²) < 4.78 is 5.20. The molecule has 2 rings (SSSR count). The van der Waals surface area contributed by atoms with Crippen molar-refractivity contribution in [3.8, 4) is 0 Å². The van der Waals surface area contributed by atoms with Gasteiger partial charge in [-0.05, 0) is 39.7 Å². The van der Waals surface area contributed by atoms with Gasteiger partial charge < -0.3 is 15.4 Å². The van der Waals surface area contributed by atoms with Crippen LogP contribution in [0.5, 0.6) is 0 Å². The van der Waals surface area contributed by atoms with E-state index in [-0.39, 0.29) is 6.04 Å². The van der Waals surface area contributed by atoms with Crippen molar-refractivity contribution in [3.05, 3.63) is 18.5 Å². The fourth-order valence-electron chi connectivity index (χ4n) is 2.44. The van der Waals surface area contributed by atoms with E-state index in [1.165, 1.54) is 0 Å². The molecule has 0 aliphatic carbocycles. The highest BCUT2D eigenvalue weighted by Gasteiger charge is 2.23. The second kappa shape index (κ2) is 6.83. The maximum Gasteiger partial charge on any atom is 0.422 e. The Morgan fingerprint density at radius 1 is 1.50 bits per heavy atom. The van der Waals surface area contributed by atoms with E-state index >= 15 is 0 Å². The summed E-state index contributed by atoms with van der Waals surface area (Å²) >= 11 is 0. The van der Waals surface area contributed by atoms with Gasteiger partial charge in [-0.15, -0.1) is 0 Å².